The molecule has 0 heterocycles. The summed E-state index contributed by atoms with van der Waals surface area (Å²) in [5, 5.41) is 20.7. The van der Waals surface area contributed by atoms with E-state index in [0.29, 0.717) is 23.5 Å². The van der Waals surface area contributed by atoms with E-state index < -0.39 is 10.9 Å². The second-order valence-electron chi connectivity index (χ2n) is 5.01. The second-order valence-corrected chi connectivity index (χ2v) is 5.01. The van der Waals surface area contributed by atoms with Crippen molar-refractivity contribution in [2.24, 2.45) is 0 Å². The molecule has 1 N–H and O–H groups in total. The van der Waals surface area contributed by atoms with E-state index in [1.54, 1.807) is 37.3 Å². The van der Waals surface area contributed by atoms with Crippen LogP contribution >= 0.6 is 0 Å². The molecule has 0 saturated carbocycles. The van der Waals surface area contributed by atoms with Crippen LogP contribution in [0.2, 0.25) is 0 Å². The summed E-state index contributed by atoms with van der Waals surface area (Å²) in [4.78, 5) is 22.3. The topological polar surface area (TPSA) is 98.9 Å². The zero-order chi connectivity index (χ0) is 18.4. The first-order chi connectivity index (χ1) is 12.0. The van der Waals surface area contributed by atoms with Gasteiger partial charge < -0.3 is 14.6 Å². The number of carbonyl (C=O) groups is 1. The third kappa shape index (κ3) is 4.35. The van der Waals surface area contributed by atoms with Gasteiger partial charge in [0.05, 0.1) is 24.2 Å². The molecule has 0 atom stereocenters. The van der Waals surface area contributed by atoms with Gasteiger partial charge in [-0.25, -0.2) is 4.79 Å². The number of hydrogen-bond donors (Lipinski definition) is 1. The van der Waals surface area contributed by atoms with Gasteiger partial charge in [-0.3, -0.25) is 10.1 Å². The summed E-state index contributed by atoms with van der Waals surface area (Å²) in [5.74, 6) is -0.491. The molecule has 0 saturated heterocycles. The SMILES string of the molecule is CCOc1ccc(/C=C(\C(=O)O)c2cccc(OC)c2)cc1[N+](=O)[O-]. The van der Waals surface area contributed by atoms with Crippen molar-refractivity contribution >= 4 is 23.3 Å². The molecule has 0 fully saturated rings. The molecule has 0 amide bonds. The minimum Gasteiger partial charge on any atom is -0.497 e. The molecule has 0 radical (unpaired) electrons. The molecule has 2 aromatic rings. The highest BCUT2D eigenvalue weighted by Crippen LogP contribution is 2.30. The third-order valence-corrected chi connectivity index (χ3v) is 3.40. The molecule has 0 aliphatic rings. The van der Waals surface area contributed by atoms with Crippen LogP contribution in [0, 0.1) is 10.1 Å². The van der Waals surface area contributed by atoms with Crippen LogP contribution in [0.1, 0.15) is 18.1 Å². The average Bonchev–Trinajstić information content (AvgIpc) is 2.60. The Balaban J connectivity index is 2.51. The lowest BCUT2D eigenvalue weighted by Crippen LogP contribution is -2.01. The first-order valence-electron chi connectivity index (χ1n) is 7.47. The van der Waals surface area contributed by atoms with Crippen LogP contribution < -0.4 is 9.47 Å². The van der Waals surface area contributed by atoms with Crippen LogP contribution in [0.3, 0.4) is 0 Å². The summed E-state index contributed by atoms with van der Waals surface area (Å²) in [5.41, 5.74) is 0.599. The standard InChI is InChI=1S/C18H17NO6/c1-3-25-17-8-7-12(10-16(17)19(22)23)9-15(18(20)21)13-5-4-6-14(11-13)24-2/h4-11H,3H2,1-2H3,(H,20,21)/b15-9-. The lowest BCUT2D eigenvalue weighted by atomic mass is 10.0. The monoisotopic (exact) mass is 343 g/mol. The molecular formula is C18H17NO6. The van der Waals surface area contributed by atoms with Crippen molar-refractivity contribution in [1.29, 1.82) is 0 Å². The fourth-order valence-corrected chi connectivity index (χ4v) is 2.27. The second kappa shape index (κ2) is 7.96. The van der Waals surface area contributed by atoms with E-state index in [2.05, 4.69) is 0 Å². The zero-order valence-electron chi connectivity index (χ0n) is 13.8. The van der Waals surface area contributed by atoms with Crippen molar-refractivity contribution in [1.82, 2.24) is 0 Å². The van der Waals surface area contributed by atoms with Gasteiger partial charge in [0.1, 0.15) is 5.75 Å². The number of benzene rings is 2. The number of carboxylic acids is 1. The maximum absolute atomic E-state index is 11.6. The molecule has 7 heteroatoms. The lowest BCUT2D eigenvalue weighted by molar-refractivity contribution is -0.385. The van der Waals surface area contributed by atoms with Crippen molar-refractivity contribution in [2.45, 2.75) is 6.92 Å². The van der Waals surface area contributed by atoms with Crippen molar-refractivity contribution in [3.05, 3.63) is 63.7 Å². The molecule has 2 aromatic carbocycles. The van der Waals surface area contributed by atoms with Gasteiger partial charge in [0.2, 0.25) is 0 Å². The normalized spacial score (nSPS) is 11.0. The van der Waals surface area contributed by atoms with E-state index in [9.17, 15) is 20.0 Å². The number of nitrogens with zero attached hydrogens (tertiary/aromatic N) is 1. The largest absolute Gasteiger partial charge is 0.497 e. The summed E-state index contributed by atoms with van der Waals surface area (Å²) in [6.45, 7) is 2.02. The highest BCUT2D eigenvalue weighted by molar-refractivity contribution is 6.20. The number of ether oxygens (including phenoxy) is 2. The smallest absolute Gasteiger partial charge is 0.336 e. The number of hydrogen-bond acceptors (Lipinski definition) is 5. The Labute approximate surface area is 144 Å². The number of methoxy groups -OCH3 is 1. The van der Waals surface area contributed by atoms with E-state index in [0.717, 1.165) is 0 Å². The summed E-state index contributed by atoms with van der Waals surface area (Å²) in [6, 6.07) is 10.9. The molecule has 0 aromatic heterocycles. The minimum atomic E-state index is -1.15. The Bertz CT molecular complexity index is 828. The Kier molecular flexibility index (Phi) is 5.73. The quantitative estimate of drug-likeness (QED) is 0.357. The Morgan fingerprint density at radius 1 is 1.28 bits per heavy atom. The van der Waals surface area contributed by atoms with Crippen molar-refractivity contribution in [2.75, 3.05) is 13.7 Å². The van der Waals surface area contributed by atoms with Crippen LogP contribution in [0.15, 0.2) is 42.5 Å². The summed E-state index contributed by atoms with van der Waals surface area (Å²) >= 11 is 0. The lowest BCUT2D eigenvalue weighted by Gasteiger charge is -2.07. The van der Waals surface area contributed by atoms with E-state index in [4.69, 9.17) is 9.47 Å². The van der Waals surface area contributed by atoms with Gasteiger partial charge >= 0.3 is 11.7 Å². The van der Waals surface area contributed by atoms with Gasteiger partial charge in [-0.1, -0.05) is 18.2 Å². The molecule has 0 aliphatic heterocycles. The Morgan fingerprint density at radius 2 is 2.04 bits per heavy atom. The number of carboxylic acid groups (broad SMARTS) is 1. The van der Waals surface area contributed by atoms with Gasteiger partial charge in [0.25, 0.3) is 0 Å². The molecule has 0 unspecified atom stereocenters. The van der Waals surface area contributed by atoms with Gasteiger partial charge in [0.15, 0.2) is 5.75 Å². The predicted molar refractivity (Wildman–Crippen MR) is 92.8 cm³/mol. The Morgan fingerprint density at radius 3 is 2.64 bits per heavy atom. The first-order valence-corrected chi connectivity index (χ1v) is 7.47. The average molecular weight is 343 g/mol. The first kappa shape index (κ1) is 18.0. The van der Waals surface area contributed by atoms with Crippen LogP contribution in [-0.2, 0) is 4.79 Å². The number of rotatable bonds is 7. The zero-order valence-corrected chi connectivity index (χ0v) is 13.8. The molecule has 0 bridgehead atoms. The van der Waals surface area contributed by atoms with Crippen molar-refractivity contribution < 1.29 is 24.3 Å². The number of nitro benzene ring substituents is 1. The molecule has 2 rings (SSSR count). The fraction of sp³-hybridized carbons (Fsp3) is 0.167. The van der Waals surface area contributed by atoms with Crippen LogP contribution in [0.5, 0.6) is 11.5 Å². The summed E-state index contributed by atoms with van der Waals surface area (Å²) < 4.78 is 10.3. The summed E-state index contributed by atoms with van der Waals surface area (Å²) in [6.07, 6.45) is 1.37. The third-order valence-electron chi connectivity index (χ3n) is 3.40. The highest BCUT2D eigenvalue weighted by Gasteiger charge is 2.17. The van der Waals surface area contributed by atoms with E-state index in [1.807, 2.05) is 0 Å². The van der Waals surface area contributed by atoms with Gasteiger partial charge in [0, 0.05) is 6.07 Å². The molecule has 7 nitrogen and oxygen atoms in total. The van der Waals surface area contributed by atoms with Crippen LogP contribution in [-0.4, -0.2) is 29.7 Å². The van der Waals surface area contributed by atoms with Crippen molar-refractivity contribution in [3.8, 4) is 11.5 Å². The maximum Gasteiger partial charge on any atom is 0.336 e. The Hall–Kier alpha value is -3.35. The molecule has 130 valence electrons. The maximum atomic E-state index is 11.6. The van der Waals surface area contributed by atoms with E-state index >= 15 is 0 Å². The van der Waals surface area contributed by atoms with Crippen LogP contribution in [0.4, 0.5) is 5.69 Å². The predicted octanol–water partition coefficient (Wildman–Crippen LogP) is 3.63. The van der Waals surface area contributed by atoms with Gasteiger partial charge in [-0.15, -0.1) is 0 Å². The van der Waals surface area contributed by atoms with E-state index in [-0.39, 0.29) is 17.0 Å². The minimum absolute atomic E-state index is 0.00245. The molecule has 0 spiro atoms. The van der Waals surface area contributed by atoms with E-state index in [1.165, 1.54) is 25.3 Å². The fourth-order valence-electron chi connectivity index (χ4n) is 2.27. The van der Waals surface area contributed by atoms with Crippen molar-refractivity contribution in [3.63, 3.8) is 0 Å². The van der Waals surface area contributed by atoms with Gasteiger partial charge in [-0.05, 0) is 42.3 Å². The molecule has 25 heavy (non-hydrogen) atoms. The van der Waals surface area contributed by atoms with Crippen LogP contribution in [0.25, 0.3) is 11.6 Å². The number of aliphatic carboxylic acids is 1. The highest BCUT2D eigenvalue weighted by atomic mass is 16.6. The van der Waals surface area contributed by atoms with Gasteiger partial charge in [-0.2, -0.15) is 0 Å². The molecular weight excluding hydrogens is 326 g/mol. The summed E-state index contributed by atoms with van der Waals surface area (Å²) in [7, 11) is 1.49. The molecule has 0 aliphatic carbocycles. The number of nitro groups is 1.